The van der Waals surface area contributed by atoms with Gasteiger partial charge in [-0.3, -0.25) is 14.3 Å². The van der Waals surface area contributed by atoms with E-state index in [2.05, 4.69) is 20.5 Å². The number of pyridine rings is 1. The highest BCUT2D eigenvalue weighted by Crippen LogP contribution is 2.28. The molecule has 2 aromatic heterocycles. The number of ether oxygens (including phenoxy) is 1. The van der Waals surface area contributed by atoms with Gasteiger partial charge in [0, 0.05) is 42.9 Å². The van der Waals surface area contributed by atoms with E-state index >= 15 is 0 Å². The van der Waals surface area contributed by atoms with E-state index in [0.717, 1.165) is 28.0 Å². The molecule has 26 heavy (non-hydrogen) atoms. The van der Waals surface area contributed by atoms with Gasteiger partial charge in [0.2, 0.25) is 5.91 Å². The molecule has 0 radical (unpaired) electrons. The summed E-state index contributed by atoms with van der Waals surface area (Å²) in [6.45, 7) is 2.08. The fraction of sp³-hybridized carbons (Fsp3) is 0.222. The van der Waals surface area contributed by atoms with Crippen LogP contribution in [0.2, 0.25) is 0 Å². The number of methoxy groups -OCH3 is 1. The molecule has 134 valence electrons. The maximum absolute atomic E-state index is 11.0. The summed E-state index contributed by atoms with van der Waals surface area (Å²) in [5.41, 5.74) is 1.86. The van der Waals surface area contributed by atoms with Crippen molar-refractivity contribution in [3.8, 4) is 22.8 Å². The lowest BCUT2D eigenvalue weighted by Crippen LogP contribution is -2.22. The van der Waals surface area contributed by atoms with Crippen molar-refractivity contribution < 1.29 is 9.53 Å². The fourth-order valence-corrected chi connectivity index (χ4v) is 3.19. The van der Waals surface area contributed by atoms with Gasteiger partial charge in [-0.1, -0.05) is 11.8 Å². The molecule has 0 aliphatic carbocycles. The molecule has 0 fully saturated rings. The number of rotatable bonds is 7. The van der Waals surface area contributed by atoms with Crippen LogP contribution in [0.5, 0.6) is 5.75 Å². The third kappa shape index (κ3) is 4.20. The predicted molar refractivity (Wildman–Crippen MR) is 101 cm³/mol. The second kappa shape index (κ2) is 8.48. The summed E-state index contributed by atoms with van der Waals surface area (Å²) >= 11 is 1.54. The van der Waals surface area contributed by atoms with Gasteiger partial charge in [-0.25, -0.2) is 0 Å². The minimum absolute atomic E-state index is 0.0419. The molecule has 0 unspecified atom stereocenters. The van der Waals surface area contributed by atoms with Crippen LogP contribution in [0.15, 0.2) is 53.9 Å². The van der Waals surface area contributed by atoms with Crippen LogP contribution < -0.4 is 10.1 Å². The van der Waals surface area contributed by atoms with Crippen molar-refractivity contribution in [1.29, 1.82) is 0 Å². The lowest BCUT2D eigenvalue weighted by molar-refractivity contribution is -0.118. The third-order valence-corrected chi connectivity index (χ3v) is 4.54. The molecule has 0 saturated heterocycles. The van der Waals surface area contributed by atoms with Crippen LogP contribution in [0.3, 0.4) is 0 Å². The van der Waals surface area contributed by atoms with Gasteiger partial charge in [0.1, 0.15) is 5.75 Å². The predicted octanol–water partition coefficient (Wildman–Crippen LogP) is 2.57. The van der Waals surface area contributed by atoms with Crippen LogP contribution in [0, 0.1) is 0 Å². The molecule has 0 bridgehead atoms. The summed E-state index contributed by atoms with van der Waals surface area (Å²) in [5.74, 6) is 2.18. The minimum Gasteiger partial charge on any atom is -0.497 e. The van der Waals surface area contributed by atoms with Gasteiger partial charge in [-0.05, 0) is 36.4 Å². The molecule has 0 aliphatic rings. The molecular formula is C18H19N5O2S. The largest absolute Gasteiger partial charge is 0.497 e. The Bertz CT molecular complexity index is 865. The van der Waals surface area contributed by atoms with Crippen molar-refractivity contribution in [1.82, 2.24) is 25.1 Å². The number of nitrogens with zero attached hydrogens (tertiary/aromatic N) is 4. The van der Waals surface area contributed by atoms with Gasteiger partial charge in [-0.15, -0.1) is 10.2 Å². The van der Waals surface area contributed by atoms with Crippen LogP contribution in [-0.2, 0) is 4.79 Å². The van der Waals surface area contributed by atoms with E-state index in [9.17, 15) is 4.79 Å². The Kier molecular flexibility index (Phi) is 5.85. The fourth-order valence-electron chi connectivity index (χ4n) is 2.38. The molecular weight excluding hydrogens is 350 g/mol. The summed E-state index contributed by atoms with van der Waals surface area (Å²) in [4.78, 5) is 15.1. The van der Waals surface area contributed by atoms with Gasteiger partial charge >= 0.3 is 0 Å². The van der Waals surface area contributed by atoms with Gasteiger partial charge in [0.25, 0.3) is 0 Å². The normalized spacial score (nSPS) is 10.5. The van der Waals surface area contributed by atoms with E-state index in [4.69, 9.17) is 4.74 Å². The number of carbonyl (C=O) groups excluding carboxylic acids is 1. The van der Waals surface area contributed by atoms with Crippen molar-refractivity contribution >= 4 is 17.7 Å². The number of carbonyl (C=O) groups is 1. The Morgan fingerprint density at radius 3 is 2.54 bits per heavy atom. The van der Waals surface area contributed by atoms with Crippen molar-refractivity contribution in [2.45, 2.75) is 12.1 Å². The zero-order valence-electron chi connectivity index (χ0n) is 14.5. The number of hydrogen-bond donors (Lipinski definition) is 1. The van der Waals surface area contributed by atoms with Gasteiger partial charge < -0.3 is 10.1 Å². The molecule has 1 aromatic carbocycles. The number of amides is 1. The second-order valence-electron chi connectivity index (χ2n) is 5.41. The van der Waals surface area contributed by atoms with E-state index < -0.39 is 0 Å². The lowest BCUT2D eigenvalue weighted by atomic mass is 10.2. The Balaban J connectivity index is 1.93. The van der Waals surface area contributed by atoms with Crippen molar-refractivity contribution in [2.75, 3.05) is 19.4 Å². The molecule has 0 atom stereocenters. The first-order valence-corrected chi connectivity index (χ1v) is 9.05. The highest BCUT2D eigenvalue weighted by atomic mass is 32.2. The maximum atomic E-state index is 11.0. The molecule has 2 heterocycles. The molecule has 7 nitrogen and oxygen atoms in total. The van der Waals surface area contributed by atoms with E-state index in [1.165, 1.54) is 18.7 Å². The Morgan fingerprint density at radius 1 is 1.15 bits per heavy atom. The van der Waals surface area contributed by atoms with E-state index in [1.807, 2.05) is 41.0 Å². The van der Waals surface area contributed by atoms with Crippen LogP contribution in [0.25, 0.3) is 17.1 Å². The Morgan fingerprint density at radius 2 is 1.88 bits per heavy atom. The number of benzene rings is 1. The van der Waals surface area contributed by atoms with Crippen LogP contribution >= 0.6 is 11.8 Å². The summed E-state index contributed by atoms with van der Waals surface area (Å²) in [6.07, 6.45) is 3.46. The highest BCUT2D eigenvalue weighted by molar-refractivity contribution is 7.99. The summed E-state index contributed by atoms with van der Waals surface area (Å²) < 4.78 is 7.23. The van der Waals surface area contributed by atoms with Crippen molar-refractivity contribution in [3.05, 3.63) is 48.8 Å². The second-order valence-corrected chi connectivity index (χ2v) is 6.47. The van der Waals surface area contributed by atoms with E-state index in [0.29, 0.717) is 12.3 Å². The summed E-state index contributed by atoms with van der Waals surface area (Å²) in [6, 6.07) is 11.5. The zero-order chi connectivity index (χ0) is 18.4. The van der Waals surface area contributed by atoms with Crippen molar-refractivity contribution in [3.63, 3.8) is 0 Å². The Labute approximate surface area is 155 Å². The molecule has 1 N–H and O–H groups in total. The number of hydrogen-bond acceptors (Lipinski definition) is 6. The maximum Gasteiger partial charge on any atom is 0.216 e. The standard InChI is InChI=1S/C18H19N5O2S/c1-13(24)20-11-12-26-18-22-21-17(14-7-9-19-10-8-14)23(18)15-3-5-16(25-2)6-4-15/h3-10H,11-12H2,1-2H3,(H,20,24). The minimum atomic E-state index is -0.0419. The topological polar surface area (TPSA) is 81.9 Å². The van der Waals surface area contributed by atoms with Crippen LogP contribution in [0.1, 0.15) is 6.92 Å². The smallest absolute Gasteiger partial charge is 0.216 e. The quantitative estimate of drug-likeness (QED) is 0.509. The molecule has 0 spiro atoms. The lowest BCUT2D eigenvalue weighted by Gasteiger charge is -2.11. The molecule has 0 aliphatic heterocycles. The SMILES string of the molecule is COc1ccc(-n2c(SCCNC(C)=O)nnc2-c2ccncc2)cc1. The highest BCUT2D eigenvalue weighted by Gasteiger charge is 2.16. The van der Waals surface area contributed by atoms with E-state index in [-0.39, 0.29) is 5.91 Å². The molecule has 0 saturated carbocycles. The number of thioether (sulfide) groups is 1. The van der Waals surface area contributed by atoms with E-state index in [1.54, 1.807) is 19.5 Å². The molecule has 8 heteroatoms. The summed E-state index contributed by atoms with van der Waals surface area (Å²) in [7, 11) is 1.64. The first-order valence-electron chi connectivity index (χ1n) is 8.06. The van der Waals surface area contributed by atoms with Gasteiger partial charge in [0.05, 0.1) is 7.11 Å². The average Bonchev–Trinajstić information content (AvgIpc) is 3.10. The van der Waals surface area contributed by atoms with Crippen LogP contribution in [-0.4, -0.2) is 45.1 Å². The number of aromatic nitrogens is 4. The van der Waals surface area contributed by atoms with Crippen LogP contribution in [0.4, 0.5) is 0 Å². The number of nitrogens with one attached hydrogen (secondary N) is 1. The first-order chi connectivity index (χ1) is 12.7. The first kappa shape index (κ1) is 17.9. The Hall–Kier alpha value is -2.87. The molecule has 3 rings (SSSR count). The van der Waals surface area contributed by atoms with Gasteiger partial charge in [-0.2, -0.15) is 0 Å². The van der Waals surface area contributed by atoms with Crippen molar-refractivity contribution in [2.24, 2.45) is 0 Å². The third-order valence-electron chi connectivity index (χ3n) is 3.61. The summed E-state index contributed by atoms with van der Waals surface area (Å²) in [5, 5.41) is 12.2. The molecule has 1 amide bonds. The zero-order valence-corrected chi connectivity index (χ0v) is 15.4. The molecule has 3 aromatic rings. The monoisotopic (exact) mass is 369 g/mol. The van der Waals surface area contributed by atoms with Gasteiger partial charge in [0.15, 0.2) is 11.0 Å². The average molecular weight is 369 g/mol.